The number of nitrogens with zero attached hydrogens (tertiary/aromatic N) is 2. The van der Waals surface area contributed by atoms with Gasteiger partial charge in [-0.3, -0.25) is 9.79 Å². The van der Waals surface area contributed by atoms with Gasteiger partial charge in [0.1, 0.15) is 0 Å². The number of carbonyl (C=O) groups is 1. The number of likely N-dealkylation sites (tertiary alicyclic amines) is 1. The Labute approximate surface area is 197 Å². The van der Waals surface area contributed by atoms with Crippen LogP contribution >= 0.6 is 24.0 Å². The third-order valence-electron chi connectivity index (χ3n) is 4.87. The molecule has 2 N–H and O–H groups in total. The van der Waals surface area contributed by atoms with E-state index < -0.39 is 0 Å². The number of carbonyl (C=O) groups excluding carboxylic acids is 1. The van der Waals surface area contributed by atoms with Crippen LogP contribution in [-0.2, 0) is 9.47 Å². The number of amides is 1. The lowest BCUT2D eigenvalue weighted by Crippen LogP contribution is -2.47. The number of ether oxygens (including phenoxy) is 2. The quantitative estimate of drug-likeness (QED) is 0.196. The van der Waals surface area contributed by atoms with Crippen molar-refractivity contribution in [3.63, 3.8) is 0 Å². The number of hydrogen-bond acceptors (Lipinski definition) is 5. The van der Waals surface area contributed by atoms with E-state index in [9.17, 15) is 4.79 Å². The summed E-state index contributed by atoms with van der Waals surface area (Å²) < 4.78 is 16.2. The van der Waals surface area contributed by atoms with Crippen molar-refractivity contribution in [2.75, 3.05) is 53.0 Å². The Hall–Kier alpha value is -1.33. The standard InChI is InChI=1S/C21H36N4O4.HI/c1-4-22-21(25-12-7-18(8-13-25)28-15-6-14-27-3)24-11-5-10-23-20(26)19-17(2)9-16-29-19;/h9,16,18H,4-8,10-15H2,1-3H3,(H,22,24)(H,23,26);1H. The number of methoxy groups -OCH3 is 1. The first-order valence-corrected chi connectivity index (χ1v) is 10.6. The zero-order chi connectivity index (χ0) is 20.9. The summed E-state index contributed by atoms with van der Waals surface area (Å²) in [5.41, 5.74) is 0.848. The smallest absolute Gasteiger partial charge is 0.287 e. The van der Waals surface area contributed by atoms with Crippen molar-refractivity contribution < 1.29 is 18.7 Å². The molecular weight excluding hydrogens is 499 g/mol. The molecule has 0 unspecified atom stereocenters. The molecule has 1 aromatic rings. The number of halogens is 1. The van der Waals surface area contributed by atoms with Crippen LogP contribution in [0.5, 0.6) is 0 Å². The van der Waals surface area contributed by atoms with Crippen LogP contribution in [0.2, 0.25) is 0 Å². The molecule has 0 spiro atoms. The molecule has 0 bridgehead atoms. The van der Waals surface area contributed by atoms with Gasteiger partial charge in [-0.1, -0.05) is 0 Å². The fourth-order valence-corrected chi connectivity index (χ4v) is 3.26. The third kappa shape index (κ3) is 9.22. The number of nitrogens with one attached hydrogen (secondary N) is 2. The van der Waals surface area contributed by atoms with Crippen LogP contribution in [-0.4, -0.2) is 75.9 Å². The first-order valence-electron chi connectivity index (χ1n) is 10.6. The molecule has 1 amide bonds. The highest BCUT2D eigenvalue weighted by atomic mass is 127. The van der Waals surface area contributed by atoms with Crippen molar-refractivity contribution >= 4 is 35.8 Å². The summed E-state index contributed by atoms with van der Waals surface area (Å²) in [6.07, 6.45) is 5.60. The molecule has 2 heterocycles. The van der Waals surface area contributed by atoms with Gasteiger partial charge in [-0.15, -0.1) is 24.0 Å². The highest BCUT2D eigenvalue weighted by Gasteiger charge is 2.21. The van der Waals surface area contributed by atoms with Gasteiger partial charge in [0.25, 0.3) is 5.91 Å². The summed E-state index contributed by atoms with van der Waals surface area (Å²) in [6.45, 7) is 9.39. The maximum absolute atomic E-state index is 12.0. The predicted molar refractivity (Wildman–Crippen MR) is 129 cm³/mol. The molecule has 1 saturated heterocycles. The number of furan rings is 1. The monoisotopic (exact) mass is 536 g/mol. The molecule has 0 atom stereocenters. The fraction of sp³-hybridized carbons (Fsp3) is 0.714. The zero-order valence-electron chi connectivity index (χ0n) is 18.4. The van der Waals surface area contributed by atoms with Crippen LogP contribution in [0.15, 0.2) is 21.7 Å². The summed E-state index contributed by atoms with van der Waals surface area (Å²) in [5.74, 6) is 1.16. The van der Waals surface area contributed by atoms with Crippen LogP contribution < -0.4 is 10.6 Å². The van der Waals surface area contributed by atoms with Gasteiger partial charge in [-0.25, -0.2) is 0 Å². The molecule has 172 valence electrons. The van der Waals surface area contributed by atoms with E-state index in [0.29, 0.717) is 25.0 Å². The second-order valence-corrected chi connectivity index (χ2v) is 7.18. The van der Waals surface area contributed by atoms with Gasteiger partial charge in [0.15, 0.2) is 11.7 Å². The van der Waals surface area contributed by atoms with Gasteiger partial charge in [0, 0.05) is 58.6 Å². The van der Waals surface area contributed by atoms with E-state index in [2.05, 4.69) is 22.5 Å². The van der Waals surface area contributed by atoms with Crippen LogP contribution in [0.3, 0.4) is 0 Å². The Morgan fingerprint density at radius 1 is 1.27 bits per heavy atom. The van der Waals surface area contributed by atoms with Crippen LogP contribution in [0.25, 0.3) is 0 Å². The number of guanidine groups is 1. The molecule has 1 fully saturated rings. The SMILES string of the molecule is CCNC(=NCCCNC(=O)c1occc1C)N1CCC(OCCCOC)CC1.I. The van der Waals surface area contributed by atoms with Crippen LogP contribution in [0.1, 0.15) is 48.7 Å². The first-order chi connectivity index (χ1) is 14.2. The van der Waals surface area contributed by atoms with E-state index in [4.69, 9.17) is 18.9 Å². The molecule has 0 aliphatic carbocycles. The largest absolute Gasteiger partial charge is 0.459 e. The van der Waals surface area contributed by atoms with E-state index in [0.717, 1.165) is 70.1 Å². The van der Waals surface area contributed by atoms with Crippen molar-refractivity contribution in [1.82, 2.24) is 15.5 Å². The molecule has 1 aliphatic heterocycles. The molecule has 1 aromatic heterocycles. The number of rotatable bonds is 11. The molecule has 2 rings (SSSR count). The normalized spacial score (nSPS) is 15.0. The van der Waals surface area contributed by atoms with Gasteiger partial charge in [0.2, 0.25) is 0 Å². The maximum atomic E-state index is 12.0. The molecule has 0 radical (unpaired) electrons. The summed E-state index contributed by atoms with van der Waals surface area (Å²) in [4.78, 5) is 19.1. The van der Waals surface area contributed by atoms with Crippen LogP contribution in [0, 0.1) is 6.92 Å². The number of hydrogen-bond donors (Lipinski definition) is 2. The molecule has 9 heteroatoms. The maximum Gasteiger partial charge on any atom is 0.287 e. The Morgan fingerprint density at radius 2 is 2.03 bits per heavy atom. The molecule has 0 aromatic carbocycles. The van der Waals surface area contributed by atoms with Gasteiger partial charge in [-0.05, 0) is 45.6 Å². The Kier molecular flexibility index (Phi) is 13.8. The van der Waals surface area contributed by atoms with Crippen molar-refractivity contribution in [3.8, 4) is 0 Å². The summed E-state index contributed by atoms with van der Waals surface area (Å²) >= 11 is 0. The molecule has 1 aliphatic rings. The Balaban J connectivity index is 0.00000450. The van der Waals surface area contributed by atoms with E-state index in [-0.39, 0.29) is 29.9 Å². The van der Waals surface area contributed by atoms with Crippen molar-refractivity contribution in [2.45, 2.75) is 45.6 Å². The Morgan fingerprint density at radius 3 is 2.67 bits per heavy atom. The van der Waals surface area contributed by atoms with E-state index in [1.54, 1.807) is 13.2 Å². The summed E-state index contributed by atoms with van der Waals surface area (Å²) in [5, 5.41) is 6.26. The van der Waals surface area contributed by atoms with E-state index >= 15 is 0 Å². The number of aryl methyl sites for hydroxylation is 1. The highest BCUT2D eigenvalue weighted by Crippen LogP contribution is 2.14. The lowest BCUT2D eigenvalue weighted by atomic mass is 10.1. The molecule has 0 saturated carbocycles. The zero-order valence-corrected chi connectivity index (χ0v) is 20.8. The van der Waals surface area contributed by atoms with E-state index in [1.807, 2.05) is 6.92 Å². The minimum absolute atomic E-state index is 0. The summed E-state index contributed by atoms with van der Waals surface area (Å²) in [7, 11) is 1.72. The first kappa shape index (κ1) is 26.7. The molecule has 8 nitrogen and oxygen atoms in total. The van der Waals surface area contributed by atoms with Gasteiger partial charge in [0.05, 0.1) is 12.4 Å². The highest BCUT2D eigenvalue weighted by molar-refractivity contribution is 14.0. The predicted octanol–water partition coefficient (Wildman–Crippen LogP) is 2.81. The molecular formula is C21H37IN4O4. The summed E-state index contributed by atoms with van der Waals surface area (Å²) in [6, 6.07) is 1.79. The number of piperidine rings is 1. The molecule has 30 heavy (non-hydrogen) atoms. The van der Waals surface area contributed by atoms with Crippen molar-refractivity contribution in [1.29, 1.82) is 0 Å². The van der Waals surface area contributed by atoms with Gasteiger partial charge < -0.3 is 29.4 Å². The van der Waals surface area contributed by atoms with Gasteiger partial charge >= 0.3 is 0 Å². The second-order valence-electron chi connectivity index (χ2n) is 7.18. The van der Waals surface area contributed by atoms with Crippen molar-refractivity contribution in [2.24, 2.45) is 4.99 Å². The topological polar surface area (TPSA) is 88.3 Å². The van der Waals surface area contributed by atoms with Crippen molar-refractivity contribution in [3.05, 3.63) is 23.7 Å². The minimum Gasteiger partial charge on any atom is -0.459 e. The average molecular weight is 536 g/mol. The van der Waals surface area contributed by atoms with E-state index in [1.165, 1.54) is 6.26 Å². The number of aliphatic imine (C=N–C) groups is 1. The lowest BCUT2D eigenvalue weighted by Gasteiger charge is -2.34. The van der Waals surface area contributed by atoms with Crippen LogP contribution in [0.4, 0.5) is 0 Å². The third-order valence-corrected chi connectivity index (χ3v) is 4.87. The second kappa shape index (κ2) is 15.5. The van der Waals surface area contributed by atoms with Gasteiger partial charge in [-0.2, -0.15) is 0 Å². The lowest BCUT2D eigenvalue weighted by molar-refractivity contribution is 0.00990. The fourth-order valence-electron chi connectivity index (χ4n) is 3.26. The average Bonchev–Trinajstić information content (AvgIpc) is 3.16. The minimum atomic E-state index is -0.170. The Bertz CT molecular complexity index is 630.